The summed E-state index contributed by atoms with van der Waals surface area (Å²) in [6.45, 7) is 1.82. The number of methoxy groups -OCH3 is 1. The second-order valence-corrected chi connectivity index (χ2v) is 3.13. The molecule has 1 aromatic carbocycles. The smallest absolute Gasteiger partial charge is 0.337 e. The van der Waals surface area contributed by atoms with E-state index in [-0.39, 0.29) is 24.4 Å². The number of hydrogen-bond acceptors (Lipinski definition) is 3. The van der Waals surface area contributed by atoms with Gasteiger partial charge in [0.05, 0.1) is 18.7 Å². The van der Waals surface area contributed by atoms with E-state index in [2.05, 4.69) is 16.6 Å². The van der Waals surface area contributed by atoms with Gasteiger partial charge in [0.1, 0.15) is 0 Å². The summed E-state index contributed by atoms with van der Waals surface area (Å²) in [6, 6.07) is 6.74. The molecule has 0 aliphatic heterocycles. The number of rotatable bonds is 1. The fraction of sp³-hybridized carbons (Fsp3) is 0.250. The summed E-state index contributed by atoms with van der Waals surface area (Å²) < 4.78 is 4.58. The Morgan fingerprint density at radius 3 is 2.38 bits per heavy atom. The van der Waals surface area contributed by atoms with E-state index in [1.54, 1.807) is 24.3 Å². The van der Waals surface area contributed by atoms with Crippen LogP contribution in [0.1, 0.15) is 22.8 Å². The van der Waals surface area contributed by atoms with Crippen LogP contribution in [-0.2, 0) is 4.74 Å². The Morgan fingerprint density at radius 2 is 1.94 bits per heavy atom. The monoisotopic (exact) mass is 239 g/mol. The molecule has 1 aromatic rings. The summed E-state index contributed by atoms with van der Waals surface area (Å²) >= 11 is 0. The average Bonchev–Trinajstić information content (AvgIpc) is 2.26. The van der Waals surface area contributed by atoms with E-state index in [1.807, 2.05) is 6.92 Å². The Hall–Kier alpha value is -1.50. The third-order valence-electron chi connectivity index (χ3n) is 1.75. The standard InChI is InChI=1S/C12H13NO2.ClH/c1-9(13)3-4-10-5-7-11(8-6-10)12(14)15-2;/h5-9H,13H2,1-2H3;1H/t9-;/m0./s1. The van der Waals surface area contributed by atoms with E-state index >= 15 is 0 Å². The van der Waals surface area contributed by atoms with Gasteiger partial charge in [0.2, 0.25) is 0 Å². The van der Waals surface area contributed by atoms with Crippen LogP contribution >= 0.6 is 12.4 Å². The quantitative estimate of drug-likeness (QED) is 0.598. The van der Waals surface area contributed by atoms with Gasteiger partial charge in [0.25, 0.3) is 0 Å². The van der Waals surface area contributed by atoms with E-state index in [4.69, 9.17) is 5.73 Å². The summed E-state index contributed by atoms with van der Waals surface area (Å²) in [7, 11) is 1.35. The minimum Gasteiger partial charge on any atom is -0.465 e. The summed E-state index contributed by atoms with van der Waals surface area (Å²) in [6.07, 6.45) is 0. The van der Waals surface area contributed by atoms with Gasteiger partial charge in [-0.1, -0.05) is 11.8 Å². The SMILES string of the molecule is COC(=O)c1ccc(C#C[C@H](C)N)cc1.Cl. The van der Waals surface area contributed by atoms with Crippen LogP contribution in [0.3, 0.4) is 0 Å². The van der Waals surface area contributed by atoms with Crippen LogP contribution in [-0.4, -0.2) is 19.1 Å². The number of nitrogens with two attached hydrogens (primary N) is 1. The van der Waals surface area contributed by atoms with E-state index in [0.29, 0.717) is 5.56 Å². The fourth-order valence-corrected chi connectivity index (χ4v) is 1.00. The van der Waals surface area contributed by atoms with Crippen LogP contribution in [0, 0.1) is 11.8 Å². The Kier molecular flexibility index (Phi) is 6.24. The van der Waals surface area contributed by atoms with Gasteiger partial charge < -0.3 is 10.5 Å². The van der Waals surface area contributed by atoms with Gasteiger partial charge in [0.15, 0.2) is 0 Å². The normalized spacial score (nSPS) is 10.4. The molecule has 0 saturated heterocycles. The lowest BCUT2D eigenvalue weighted by Gasteiger charge is -1.98. The number of carbonyl (C=O) groups excluding carboxylic acids is 1. The van der Waals surface area contributed by atoms with Crippen LogP contribution in [0.15, 0.2) is 24.3 Å². The Bertz CT molecular complexity index is 401. The van der Waals surface area contributed by atoms with Crippen molar-refractivity contribution in [2.24, 2.45) is 5.73 Å². The highest BCUT2D eigenvalue weighted by Crippen LogP contribution is 2.04. The minimum atomic E-state index is -0.346. The highest BCUT2D eigenvalue weighted by molar-refractivity contribution is 5.89. The minimum absolute atomic E-state index is 0. The summed E-state index contributed by atoms with van der Waals surface area (Å²) in [4.78, 5) is 11.1. The van der Waals surface area contributed by atoms with Crippen molar-refractivity contribution >= 4 is 18.4 Å². The molecule has 0 fully saturated rings. The van der Waals surface area contributed by atoms with Gasteiger partial charge in [-0.2, -0.15) is 0 Å². The van der Waals surface area contributed by atoms with Crippen LogP contribution in [0.5, 0.6) is 0 Å². The molecular weight excluding hydrogens is 226 g/mol. The van der Waals surface area contributed by atoms with Crippen molar-refractivity contribution in [1.29, 1.82) is 0 Å². The molecular formula is C12H14ClNO2. The number of halogens is 1. The molecule has 1 atom stereocenters. The molecule has 86 valence electrons. The summed E-state index contributed by atoms with van der Waals surface area (Å²) in [5, 5.41) is 0. The summed E-state index contributed by atoms with van der Waals surface area (Å²) in [5.41, 5.74) is 6.84. The van der Waals surface area contributed by atoms with Crippen molar-refractivity contribution in [1.82, 2.24) is 0 Å². The Morgan fingerprint density at radius 1 is 1.38 bits per heavy atom. The van der Waals surface area contributed by atoms with Crippen molar-refractivity contribution in [2.45, 2.75) is 13.0 Å². The number of ether oxygens (including phenoxy) is 1. The van der Waals surface area contributed by atoms with Crippen molar-refractivity contribution in [3.63, 3.8) is 0 Å². The molecule has 0 radical (unpaired) electrons. The van der Waals surface area contributed by atoms with Gasteiger partial charge in [-0.3, -0.25) is 0 Å². The third kappa shape index (κ3) is 4.35. The zero-order valence-corrected chi connectivity index (χ0v) is 10.0. The third-order valence-corrected chi connectivity index (χ3v) is 1.75. The molecule has 0 heterocycles. The van der Waals surface area contributed by atoms with Gasteiger partial charge >= 0.3 is 5.97 Å². The van der Waals surface area contributed by atoms with E-state index < -0.39 is 0 Å². The highest BCUT2D eigenvalue weighted by Gasteiger charge is 2.02. The Labute approximate surface area is 101 Å². The first kappa shape index (κ1) is 14.5. The van der Waals surface area contributed by atoms with Gasteiger partial charge in [-0.15, -0.1) is 12.4 Å². The first-order valence-corrected chi connectivity index (χ1v) is 4.59. The molecule has 3 nitrogen and oxygen atoms in total. The maximum absolute atomic E-state index is 11.1. The molecule has 0 unspecified atom stereocenters. The van der Waals surface area contributed by atoms with Crippen molar-refractivity contribution in [3.8, 4) is 11.8 Å². The molecule has 0 aliphatic carbocycles. The molecule has 0 aliphatic rings. The molecule has 4 heteroatoms. The molecule has 0 bridgehead atoms. The lowest BCUT2D eigenvalue weighted by atomic mass is 10.1. The predicted molar refractivity (Wildman–Crippen MR) is 65.6 cm³/mol. The van der Waals surface area contributed by atoms with E-state index in [0.717, 1.165) is 5.56 Å². The fourth-order valence-electron chi connectivity index (χ4n) is 1.00. The van der Waals surface area contributed by atoms with Crippen LogP contribution in [0.4, 0.5) is 0 Å². The number of carbonyl (C=O) groups is 1. The first-order valence-electron chi connectivity index (χ1n) is 4.59. The van der Waals surface area contributed by atoms with Crippen LogP contribution in [0.2, 0.25) is 0 Å². The number of hydrogen-bond donors (Lipinski definition) is 1. The van der Waals surface area contributed by atoms with Crippen molar-refractivity contribution < 1.29 is 9.53 Å². The first-order chi connectivity index (χ1) is 7.13. The van der Waals surface area contributed by atoms with Crippen LogP contribution in [0.25, 0.3) is 0 Å². The highest BCUT2D eigenvalue weighted by atomic mass is 35.5. The molecule has 0 spiro atoms. The zero-order chi connectivity index (χ0) is 11.3. The molecule has 0 amide bonds. The van der Waals surface area contributed by atoms with Gasteiger partial charge in [-0.05, 0) is 31.2 Å². The van der Waals surface area contributed by atoms with Crippen LogP contribution < -0.4 is 5.73 Å². The molecule has 16 heavy (non-hydrogen) atoms. The van der Waals surface area contributed by atoms with Gasteiger partial charge in [-0.25, -0.2) is 4.79 Å². The zero-order valence-electron chi connectivity index (χ0n) is 9.19. The second kappa shape index (κ2) is 6.89. The van der Waals surface area contributed by atoms with E-state index in [9.17, 15) is 4.79 Å². The van der Waals surface area contributed by atoms with E-state index in [1.165, 1.54) is 7.11 Å². The van der Waals surface area contributed by atoms with Crippen molar-refractivity contribution in [2.75, 3.05) is 7.11 Å². The second-order valence-electron chi connectivity index (χ2n) is 3.13. The molecule has 0 aromatic heterocycles. The van der Waals surface area contributed by atoms with Crippen molar-refractivity contribution in [3.05, 3.63) is 35.4 Å². The average molecular weight is 240 g/mol. The topological polar surface area (TPSA) is 52.3 Å². The Balaban J connectivity index is 0.00000225. The predicted octanol–water partition coefficient (Wildman–Crippen LogP) is 1.59. The largest absolute Gasteiger partial charge is 0.465 e. The maximum Gasteiger partial charge on any atom is 0.337 e. The summed E-state index contributed by atoms with van der Waals surface area (Å²) in [5.74, 6) is 5.39. The number of esters is 1. The van der Waals surface area contributed by atoms with Gasteiger partial charge in [0, 0.05) is 5.56 Å². The molecule has 0 saturated carbocycles. The molecule has 1 rings (SSSR count). The number of benzene rings is 1. The lowest BCUT2D eigenvalue weighted by Crippen LogP contribution is -2.10. The maximum atomic E-state index is 11.1. The molecule has 2 N–H and O–H groups in total. The lowest BCUT2D eigenvalue weighted by molar-refractivity contribution is 0.0601.